The number of rotatable bonds is 5. The number of nitrogens with zero attached hydrogens (tertiary/aromatic N) is 4. The molecule has 1 aromatic carbocycles. The summed E-state index contributed by atoms with van der Waals surface area (Å²) in [6, 6.07) is 7.66. The van der Waals surface area contributed by atoms with E-state index in [0.29, 0.717) is 36.7 Å². The van der Waals surface area contributed by atoms with Gasteiger partial charge in [-0.15, -0.1) is 11.3 Å². The lowest BCUT2D eigenvalue weighted by molar-refractivity contribution is -0.117. The molecule has 1 fully saturated rings. The molecule has 0 unspecified atom stereocenters. The quantitative estimate of drug-likeness (QED) is 0.678. The first kappa shape index (κ1) is 20.3. The number of aryl methyl sites for hydroxylation is 2. The van der Waals surface area contributed by atoms with Crippen LogP contribution in [0.15, 0.2) is 42.0 Å². The van der Waals surface area contributed by atoms with Gasteiger partial charge in [0.25, 0.3) is 5.91 Å². The van der Waals surface area contributed by atoms with Crippen molar-refractivity contribution in [1.29, 1.82) is 0 Å². The van der Waals surface area contributed by atoms with Gasteiger partial charge in [-0.3, -0.25) is 14.3 Å². The fourth-order valence-electron chi connectivity index (χ4n) is 3.76. The number of aromatic nitrogens is 3. The highest BCUT2D eigenvalue weighted by Gasteiger charge is 2.25. The minimum Gasteiger partial charge on any atom is -0.339 e. The highest BCUT2D eigenvalue weighted by Crippen LogP contribution is 2.25. The first-order valence-electron chi connectivity index (χ1n) is 10.1. The largest absolute Gasteiger partial charge is 0.339 e. The number of hydrogen-bond donors (Lipinski definition) is 1. The van der Waals surface area contributed by atoms with Crippen LogP contribution >= 0.6 is 11.3 Å². The smallest absolute Gasteiger partial charge is 0.253 e. The Labute approximate surface area is 179 Å². The molecule has 0 atom stereocenters. The van der Waals surface area contributed by atoms with Crippen LogP contribution in [0.25, 0.3) is 11.3 Å². The van der Waals surface area contributed by atoms with E-state index in [4.69, 9.17) is 0 Å². The number of benzene rings is 1. The highest BCUT2D eigenvalue weighted by molar-refractivity contribution is 7.09. The highest BCUT2D eigenvalue weighted by atomic mass is 32.1. The van der Waals surface area contributed by atoms with Gasteiger partial charge in [-0.05, 0) is 37.8 Å². The Morgan fingerprint density at radius 2 is 1.93 bits per heavy atom. The van der Waals surface area contributed by atoms with Crippen LogP contribution in [0, 0.1) is 12.8 Å². The van der Waals surface area contributed by atoms with Crippen LogP contribution in [-0.4, -0.2) is 44.6 Å². The topological polar surface area (TPSA) is 80.1 Å². The van der Waals surface area contributed by atoms with E-state index in [1.807, 2.05) is 48.5 Å². The van der Waals surface area contributed by atoms with Crippen LogP contribution < -0.4 is 5.32 Å². The molecule has 0 radical (unpaired) electrons. The zero-order chi connectivity index (χ0) is 21.1. The van der Waals surface area contributed by atoms with Crippen molar-refractivity contribution in [2.24, 2.45) is 13.0 Å². The van der Waals surface area contributed by atoms with Gasteiger partial charge in [0.15, 0.2) is 0 Å². The molecule has 30 heavy (non-hydrogen) atoms. The second-order valence-electron chi connectivity index (χ2n) is 7.72. The van der Waals surface area contributed by atoms with Crippen molar-refractivity contribution in [2.45, 2.75) is 26.2 Å². The summed E-state index contributed by atoms with van der Waals surface area (Å²) in [6.07, 6.45) is 5.56. The van der Waals surface area contributed by atoms with Crippen LogP contribution in [0.5, 0.6) is 0 Å². The normalized spacial score (nSPS) is 14.7. The molecule has 0 spiro atoms. The molecule has 3 aromatic rings. The van der Waals surface area contributed by atoms with Gasteiger partial charge in [0.05, 0.1) is 22.6 Å². The fourth-order valence-corrected chi connectivity index (χ4v) is 4.38. The summed E-state index contributed by atoms with van der Waals surface area (Å²) in [5, 5.41) is 9.99. The maximum atomic E-state index is 12.8. The van der Waals surface area contributed by atoms with Crippen LogP contribution in [0.1, 0.15) is 34.6 Å². The number of anilines is 1. The van der Waals surface area contributed by atoms with Crippen molar-refractivity contribution in [3.63, 3.8) is 0 Å². The van der Waals surface area contributed by atoms with Crippen molar-refractivity contribution in [3.05, 3.63) is 52.6 Å². The van der Waals surface area contributed by atoms with E-state index in [-0.39, 0.29) is 11.8 Å². The summed E-state index contributed by atoms with van der Waals surface area (Å²) in [6.45, 7) is 3.34. The first-order valence-corrected chi connectivity index (χ1v) is 11.0. The van der Waals surface area contributed by atoms with E-state index in [1.165, 1.54) is 0 Å². The van der Waals surface area contributed by atoms with Gasteiger partial charge in [-0.25, -0.2) is 4.98 Å². The summed E-state index contributed by atoms with van der Waals surface area (Å²) in [5.41, 5.74) is 3.38. The summed E-state index contributed by atoms with van der Waals surface area (Å²) in [7, 11) is 1.82. The number of likely N-dealkylation sites (tertiary alicyclic amines) is 1. The molecule has 3 heterocycles. The number of piperidine rings is 1. The maximum Gasteiger partial charge on any atom is 0.253 e. The second-order valence-corrected chi connectivity index (χ2v) is 8.78. The number of nitrogens with one attached hydrogen (secondary N) is 1. The third-order valence-electron chi connectivity index (χ3n) is 5.41. The van der Waals surface area contributed by atoms with Crippen LogP contribution in [0.3, 0.4) is 0 Å². The third-order valence-corrected chi connectivity index (χ3v) is 6.18. The fraction of sp³-hybridized carbons (Fsp3) is 0.364. The number of carbonyl (C=O) groups is 2. The Morgan fingerprint density at radius 3 is 2.53 bits per heavy atom. The zero-order valence-corrected chi connectivity index (χ0v) is 18.0. The molecule has 7 nitrogen and oxygen atoms in total. The van der Waals surface area contributed by atoms with Crippen molar-refractivity contribution < 1.29 is 9.59 Å². The van der Waals surface area contributed by atoms with Gasteiger partial charge in [-0.1, -0.05) is 12.1 Å². The minimum absolute atomic E-state index is 0.000594. The van der Waals surface area contributed by atoms with Gasteiger partial charge in [-0.2, -0.15) is 5.10 Å². The molecule has 2 amide bonds. The Balaban J connectivity index is 1.28. The minimum atomic E-state index is 0.000594. The van der Waals surface area contributed by atoms with Crippen molar-refractivity contribution in [1.82, 2.24) is 19.7 Å². The Morgan fingerprint density at radius 1 is 1.20 bits per heavy atom. The van der Waals surface area contributed by atoms with E-state index in [9.17, 15) is 9.59 Å². The van der Waals surface area contributed by atoms with Gasteiger partial charge in [0, 0.05) is 49.3 Å². The molecule has 156 valence electrons. The van der Waals surface area contributed by atoms with E-state index >= 15 is 0 Å². The van der Waals surface area contributed by atoms with Crippen LogP contribution in [0.2, 0.25) is 0 Å². The van der Waals surface area contributed by atoms with Crippen molar-refractivity contribution in [3.8, 4) is 11.3 Å². The molecule has 8 heteroatoms. The number of thiazole rings is 1. The summed E-state index contributed by atoms with van der Waals surface area (Å²) in [5.74, 6) is 0.343. The maximum absolute atomic E-state index is 12.8. The lowest BCUT2D eigenvalue weighted by Gasteiger charge is -2.31. The predicted octanol–water partition coefficient (Wildman–Crippen LogP) is 3.73. The average molecular weight is 424 g/mol. The Kier molecular flexibility index (Phi) is 5.94. The number of carbonyl (C=O) groups excluding carboxylic acids is 2. The summed E-state index contributed by atoms with van der Waals surface area (Å²) >= 11 is 1.62. The van der Waals surface area contributed by atoms with Crippen LogP contribution in [-0.2, 0) is 11.8 Å². The van der Waals surface area contributed by atoms with Gasteiger partial charge in [0.1, 0.15) is 0 Å². The second kappa shape index (κ2) is 8.79. The van der Waals surface area contributed by atoms with Crippen molar-refractivity contribution in [2.75, 3.05) is 18.4 Å². The molecule has 1 N–H and O–H groups in total. The van der Waals surface area contributed by atoms with Gasteiger partial charge in [0.2, 0.25) is 5.91 Å². The monoisotopic (exact) mass is 423 g/mol. The van der Waals surface area contributed by atoms with E-state index in [0.717, 1.165) is 29.1 Å². The average Bonchev–Trinajstić information content (AvgIpc) is 3.36. The molecule has 1 saturated heterocycles. The lowest BCUT2D eigenvalue weighted by atomic mass is 9.92. The van der Waals surface area contributed by atoms with Crippen LogP contribution in [0.4, 0.5) is 5.69 Å². The summed E-state index contributed by atoms with van der Waals surface area (Å²) in [4.78, 5) is 31.5. The first-order chi connectivity index (χ1) is 14.5. The lowest BCUT2D eigenvalue weighted by Crippen LogP contribution is -2.39. The van der Waals surface area contributed by atoms with Crippen molar-refractivity contribution >= 4 is 28.8 Å². The number of hydrogen-bond acceptors (Lipinski definition) is 5. The molecular weight excluding hydrogens is 398 g/mol. The molecule has 0 bridgehead atoms. The predicted molar refractivity (Wildman–Crippen MR) is 117 cm³/mol. The van der Waals surface area contributed by atoms with E-state index < -0.39 is 0 Å². The molecular formula is C22H25N5O2S. The number of amides is 2. The molecule has 4 rings (SSSR count). The molecule has 1 aliphatic rings. The Bertz CT molecular complexity index is 1030. The van der Waals surface area contributed by atoms with Gasteiger partial charge < -0.3 is 10.2 Å². The van der Waals surface area contributed by atoms with E-state index in [2.05, 4.69) is 15.4 Å². The zero-order valence-electron chi connectivity index (χ0n) is 17.2. The standard InChI is InChI=1S/C22H25N5O2S/c1-15-24-20(14-30-15)17-3-5-18(6-4-17)22(29)27-9-7-16(8-10-27)11-21(28)25-19-12-23-26(2)13-19/h3-6,12-14,16H,7-11H2,1-2H3,(H,25,28). The molecule has 2 aromatic heterocycles. The van der Waals surface area contributed by atoms with Gasteiger partial charge >= 0.3 is 0 Å². The molecule has 0 saturated carbocycles. The Hall–Kier alpha value is -3.00. The summed E-state index contributed by atoms with van der Waals surface area (Å²) < 4.78 is 1.66. The van der Waals surface area contributed by atoms with E-state index in [1.54, 1.807) is 28.4 Å². The molecule has 1 aliphatic heterocycles. The molecule has 0 aliphatic carbocycles. The third kappa shape index (κ3) is 4.76. The SMILES string of the molecule is Cc1nc(-c2ccc(C(=O)N3CCC(CC(=O)Nc4cnn(C)c4)CC3)cc2)cs1.